The van der Waals surface area contributed by atoms with Crippen LogP contribution in [0, 0.1) is 11.8 Å². The zero-order chi connectivity index (χ0) is 20.3. The van der Waals surface area contributed by atoms with Gasteiger partial charge in [-0.2, -0.15) is 0 Å². The Kier molecular flexibility index (Phi) is 6.59. The highest BCUT2D eigenvalue weighted by molar-refractivity contribution is 7.90. The van der Waals surface area contributed by atoms with Gasteiger partial charge in [0.05, 0.1) is 23.6 Å². The van der Waals surface area contributed by atoms with Crippen molar-refractivity contribution in [2.24, 2.45) is 11.8 Å². The van der Waals surface area contributed by atoms with Crippen LogP contribution in [-0.4, -0.2) is 68.9 Å². The number of ether oxygens (including phenoxy) is 2. The van der Waals surface area contributed by atoms with Gasteiger partial charge in [0.1, 0.15) is 11.9 Å². The zero-order valence-corrected chi connectivity index (χ0v) is 16.6. The normalized spacial score (nSPS) is 28.8. The first-order valence-electron chi connectivity index (χ1n) is 9.43. The van der Waals surface area contributed by atoms with Crippen molar-refractivity contribution >= 4 is 15.7 Å². The Hall–Kier alpha value is -1.68. The summed E-state index contributed by atoms with van der Waals surface area (Å²) in [5.41, 5.74) is 0. The second-order valence-corrected chi connectivity index (χ2v) is 9.55. The van der Waals surface area contributed by atoms with Crippen LogP contribution < -0.4 is 10.1 Å². The maximum absolute atomic E-state index is 12.4. The summed E-state index contributed by atoms with van der Waals surface area (Å²) in [6.45, 7) is 1.27. The van der Waals surface area contributed by atoms with Crippen molar-refractivity contribution in [1.29, 1.82) is 0 Å². The van der Waals surface area contributed by atoms with Gasteiger partial charge in [-0.3, -0.25) is 4.79 Å². The predicted octanol–water partition coefficient (Wildman–Crippen LogP) is 0.122. The average molecular weight is 413 g/mol. The molecule has 1 aromatic rings. The van der Waals surface area contributed by atoms with Crippen LogP contribution in [0.25, 0.3) is 0 Å². The fraction of sp³-hybridized carbons (Fsp3) is 0.632. The van der Waals surface area contributed by atoms with Crippen LogP contribution in [0.5, 0.6) is 5.75 Å². The quantitative estimate of drug-likeness (QED) is 0.606. The van der Waals surface area contributed by atoms with Crippen molar-refractivity contribution in [1.82, 2.24) is 5.32 Å². The first-order chi connectivity index (χ1) is 13.3. The van der Waals surface area contributed by atoms with Gasteiger partial charge in [-0.25, -0.2) is 8.42 Å². The molecule has 1 heterocycles. The molecule has 1 amide bonds. The summed E-state index contributed by atoms with van der Waals surface area (Å²) in [6, 6.07) is 5.51. The molecule has 1 saturated heterocycles. The molecule has 156 valence electrons. The topological polar surface area (TPSA) is 122 Å². The monoisotopic (exact) mass is 413 g/mol. The van der Waals surface area contributed by atoms with Crippen LogP contribution in [0.4, 0.5) is 0 Å². The van der Waals surface area contributed by atoms with E-state index in [1.807, 2.05) is 0 Å². The number of nitrogens with one attached hydrogen (secondary N) is 1. The second kappa shape index (κ2) is 8.77. The molecule has 1 aliphatic heterocycles. The minimum absolute atomic E-state index is 0.113. The summed E-state index contributed by atoms with van der Waals surface area (Å²) in [5, 5.41) is 23.4. The van der Waals surface area contributed by atoms with Gasteiger partial charge in [-0.05, 0) is 43.5 Å². The predicted molar refractivity (Wildman–Crippen MR) is 101 cm³/mol. The molecular weight excluding hydrogens is 386 g/mol. The number of sulfone groups is 1. The molecule has 0 aromatic heterocycles. The number of hydrogen-bond acceptors (Lipinski definition) is 7. The Labute approximate surface area is 164 Å². The molecule has 1 aliphatic carbocycles. The number of hydrogen-bond donors (Lipinski definition) is 3. The number of rotatable bonds is 6. The van der Waals surface area contributed by atoms with E-state index in [2.05, 4.69) is 5.32 Å². The lowest BCUT2D eigenvalue weighted by Crippen LogP contribution is -2.46. The molecule has 28 heavy (non-hydrogen) atoms. The van der Waals surface area contributed by atoms with E-state index in [1.54, 1.807) is 12.1 Å². The average Bonchev–Trinajstić information content (AvgIpc) is 2.94. The molecule has 3 N–H and O–H groups in total. The molecule has 0 radical (unpaired) electrons. The van der Waals surface area contributed by atoms with E-state index in [9.17, 15) is 23.4 Å². The third-order valence-corrected chi connectivity index (χ3v) is 6.57. The summed E-state index contributed by atoms with van der Waals surface area (Å²) in [7, 11) is -3.27. The highest BCUT2D eigenvalue weighted by Gasteiger charge is 2.43. The van der Waals surface area contributed by atoms with Gasteiger partial charge in [0, 0.05) is 31.3 Å². The lowest BCUT2D eigenvalue weighted by Gasteiger charge is -2.24. The largest absolute Gasteiger partial charge is 0.493 e. The Morgan fingerprint density at radius 3 is 2.43 bits per heavy atom. The lowest BCUT2D eigenvalue weighted by atomic mass is 9.98. The molecule has 8 nitrogen and oxygen atoms in total. The van der Waals surface area contributed by atoms with Crippen molar-refractivity contribution in [3.63, 3.8) is 0 Å². The van der Waals surface area contributed by atoms with Gasteiger partial charge >= 0.3 is 0 Å². The van der Waals surface area contributed by atoms with Gasteiger partial charge in [0.2, 0.25) is 5.91 Å². The molecule has 2 aliphatic rings. The third-order valence-electron chi connectivity index (χ3n) is 5.44. The third kappa shape index (κ3) is 5.02. The van der Waals surface area contributed by atoms with E-state index in [0.29, 0.717) is 38.2 Å². The minimum Gasteiger partial charge on any atom is -0.493 e. The Morgan fingerprint density at radius 1 is 1.18 bits per heavy atom. The minimum atomic E-state index is -3.27. The molecule has 1 aromatic carbocycles. The summed E-state index contributed by atoms with van der Waals surface area (Å²) in [4.78, 5) is 12.6. The summed E-state index contributed by atoms with van der Waals surface area (Å²) in [5.74, 6) is -0.104. The summed E-state index contributed by atoms with van der Waals surface area (Å²) >= 11 is 0. The maximum Gasteiger partial charge on any atom is 0.223 e. The van der Waals surface area contributed by atoms with Crippen LogP contribution in [-0.2, 0) is 19.4 Å². The van der Waals surface area contributed by atoms with Gasteiger partial charge in [0.15, 0.2) is 9.84 Å². The van der Waals surface area contributed by atoms with E-state index in [-0.39, 0.29) is 29.2 Å². The standard InChI is InChI=1S/C19H27NO7S/c1-28(24,25)15-4-2-14(3-5-15)27-11-13-10-16(18(22)17(13)21)20-19(23)12-6-8-26-9-7-12/h2-5,12-13,16-18,21-22H,6-11H2,1H3,(H,20,23)/t13-,16-,17-,18+/m1/s1. The molecular formula is C19H27NO7S. The Balaban J connectivity index is 1.53. The van der Waals surface area contributed by atoms with Crippen LogP contribution in [0.3, 0.4) is 0 Å². The molecule has 0 bridgehead atoms. The van der Waals surface area contributed by atoms with Gasteiger partial charge in [-0.15, -0.1) is 0 Å². The maximum atomic E-state index is 12.4. The first-order valence-corrected chi connectivity index (χ1v) is 11.3. The summed E-state index contributed by atoms with van der Waals surface area (Å²) in [6.07, 6.45) is 0.799. The smallest absolute Gasteiger partial charge is 0.223 e. The lowest BCUT2D eigenvalue weighted by molar-refractivity contribution is -0.129. The fourth-order valence-electron chi connectivity index (χ4n) is 3.68. The molecule has 4 atom stereocenters. The highest BCUT2D eigenvalue weighted by Crippen LogP contribution is 2.29. The van der Waals surface area contributed by atoms with Crippen molar-refractivity contribution < 1.29 is 32.9 Å². The highest BCUT2D eigenvalue weighted by atomic mass is 32.2. The molecule has 0 unspecified atom stereocenters. The molecule has 1 saturated carbocycles. The van der Waals surface area contributed by atoms with Crippen molar-refractivity contribution in [3.8, 4) is 5.75 Å². The summed E-state index contributed by atoms with van der Waals surface area (Å²) < 4.78 is 33.9. The van der Waals surface area contributed by atoms with E-state index in [0.717, 1.165) is 6.26 Å². The Morgan fingerprint density at radius 2 is 1.82 bits per heavy atom. The van der Waals surface area contributed by atoms with Crippen LogP contribution >= 0.6 is 0 Å². The zero-order valence-electron chi connectivity index (χ0n) is 15.8. The van der Waals surface area contributed by atoms with Crippen molar-refractivity contribution in [3.05, 3.63) is 24.3 Å². The number of carbonyl (C=O) groups is 1. The van der Waals surface area contributed by atoms with E-state index < -0.39 is 28.1 Å². The van der Waals surface area contributed by atoms with E-state index >= 15 is 0 Å². The van der Waals surface area contributed by atoms with Gasteiger partial charge in [-0.1, -0.05) is 0 Å². The number of amides is 1. The number of benzene rings is 1. The molecule has 3 rings (SSSR count). The number of carbonyl (C=O) groups excluding carboxylic acids is 1. The van der Waals surface area contributed by atoms with E-state index in [4.69, 9.17) is 9.47 Å². The van der Waals surface area contributed by atoms with Crippen LogP contribution in [0.2, 0.25) is 0 Å². The molecule has 2 fully saturated rings. The van der Waals surface area contributed by atoms with Crippen LogP contribution in [0.15, 0.2) is 29.2 Å². The first kappa shape index (κ1) is 21.0. The van der Waals surface area contributed by atoms with Gasteiger partial charge in [0.25, 0.3) is 0 Å². The van der Waals surface area contributed by atoms with Crippen molar-refractivity contribution in [2.45, 2.75) is 42.4 Å². The van der Waals surface area contributed by atoms with Crippen LogP contribution in [0.1, 0.15) is 19.3 Å². The fourth-order valence-corrected chi connectivity index (χ4v) is 4.31. The number of aliphatic hydroxyl groups excluding tert-OH is 2. The second-order valence-electron chi connectivity index (χ2n) is 7.53. The Bertz CT molecular complexity index is 774. The molecule has 0 spiro atoms. The number of aliphatic hydroxyl groups is 2. The SMILES string of the molecule is CS(=O)(=O)c1ccc(OC[C@H]2C[C@@H](NC(=O)C3CCOCC3)[C@H](O)[C@@H]2O)cc1. The van der Waals surface area contributed by atoms with Crippen molar-refractivity contribution in [2.75, 3.05) is 26.1 Å². The molecule has 9 heteroatoms. The van der Waals surface area contributed by atoms with Gasteiger partial charge < -0.3 is 25.0 Å². The van der Waals surface area contributed by atoms with E-state index in [1.165, 1.54) is 12.1 Å².